The zero-order chi connectivity index (χ0) is 14.6. The number of amides is 1. The van der Waals surface area contributed by atoms with Gasteiger partial charge in [-0.05, 0) is 50.3 Å². The highest BCUT2D eigenvalue weighted by molar-refractivity contribution is 14.1. The summed E-state index contributed by atoms with van der Waals surface area (Å²) in [4.78, 5) is 23.9. The van der Waals surface area contributed by atoms with Crippen LogP contribution >= 0.6 is 22.6 Å². The minimum absolute atomic E-state index is 0.303. The van der Waals surface area contributed by atoms with Crippen LogP contribution in [-0.4, -0.2) is 33.1 Å². The van der Waals surface area contributed by atoms with Gasteiger partial charge in [0, 0.05) is 6.54 Å². The maximum absolute atomic E-state index is 12.0. The van der Waals surface area contributed by atoms with Crippen molar-refractivity contribution in [1.29, 1.82) is 0 Å². The Labute approximate surface area is 126 Å². The highest BCUT2D eigenvalue weighted by atomic mass is 127. The Morgan fingerprint density at radius 2 is 2.21 bits per heavy atom. The van der Waals surface area contributed by atoms with Crippen molar-refractivity contribution in [1.82, 2.24) is 14.9 Å². The number of hydrogen-bond acceptors (Lipinski definition) is 3. The lowest BCUT2D eigenvalue weighted by atomic mass is 10.2. The van der Waals surface area contributed by atoms with Gasteiger partial charge >= 0.3 is 6.09 Å². The molecule has 1 amide bonds. The summed E-state index contributed by atoms with van der Waals surface area (Å²) >= 11 is 1.99. The monoisotopic (exact) mass is 376 g/mol. The first-order valence-electron chi connectivity index (χ1n) is 5.86. The number of halogens is 1. The molecule has 1 heterocycles. The summed E-state index contributed by atoms with van der Waals surface area (Å²) in [6, 6.07) is 0. The van der Waals surface area contributed by atoms with Crippen molar-refractivity contribution in [2.24, 2.45) is 0 Å². The van der Waals surface area contributed by atoms with E-state index >= 15 is 0 Å². The summed E-state index contributed by atoms with van der Waals surface area (Å²) in [5.41, 5.74) is -0.524. The molecule has 19 heavy (non-hydrogen) atoms. The van der Waals surface area contributed by atoms with Crippen LogP contribution in [0.2, 0.25) is 0 Å². The number of aromatic nitrogens is 2. The van der Waals surface area contributed by atoms with Crippen molar-refractivity contribution in [3.05, 3.63) is 20.9 Å². The highest BCUT2D eigenvalue weighted by Crippen LogP contribution is 2.19. The van der Waals surface area contributed by atoms with Crippen molar-refractivity contribution >= 4 is 34.5 Å². The van der Waals surface area contributed by atoms with Crippen LogP contribution in [0.15, 0.2) is 0 Å². The molecule has 1 aromatic heterocycles. The molecule has 1 aromatic rings. The predicted octanol–water partition coefficient (Wildman–Crippen LogP) is 3.32. The molecule has 0 bridgehead atoms. The van der Waals surface area contributed by atoms with Gasteiger partial charge in [-0.3, -0.25) is 9.88 Å². The second-order valence-corrected chi connectivity index (χ2v) is 5.95. The second kappa shape index (κ2) is 6.23. The summed E-state index contributed by atoms with van der Waals surface area (Å²) in [7, 11) is 0. The Kier molecular flexibility index (Phi) is 5.17. The quantitative estimate of drug-likeness (QED) is 0.650. The molecule has 104 valence electrons. The summed E-state index contributed by atoms with van der Waals surface area (Å²) in [5, 5.41) is 0. The highest BCUT2D eigenvalue weighted by Gasteiger charge is 2.23. The van der Waals surface area contributed by atoms with Gasteiger partial charge in [-0.15, -0.1) is 0 Å². The van der Waals surface area contributed by atoms with Gasteiger partial charge in [0.05, 0.1) is 0 Å². The Morgan fingerprint density at radius 3 is 2.63 bits per heavy atom. The lowest BCUT2D eigenvalue weighted by Gasteiger charge is -2.25. The van der Waals surface area contributed by atoms with Crippen LogP contribution < -0.4 is 0 Å². The van der Waals surface area contributed by atoms with Crippen molar-refractivity contribution in [3.8, 4) is 0 Å². The van der Waals surface area contributed by atoms with E-state index in [1.165, 1.54) is 4.90 Å². The number of imidazole rings is 1. The standard InChI is InChI=1S/C12H17IN4O2/c1-6-17(11(18)19-12(2,3)4)7-8-15-9(13)10(14-5)16-8/h6-7H2,1-4H3,(H,15,16). The number of nitrogens with one attached hydrogen (secondary N) is 1. The Bertz CT molecular complexity index is 499. The largest absolute Gasteiger partial charge is 0.444 e. The normalized spacial score (nSPS) is 10.9. The third-order valence-corrected chi connectivity index (χ3v) is 2.93. The summed E-state index contributed by atoms with van der Waals surface area (Å²) in [5.74, 6) is 0.985. The molecule has 0 aliphatic rings. The molecule has 1 N–H and O–H groups in total. The number of rotatable bonds is 3. The van der Waals surface area contributed by atoms with E-state index in [-0.39, 0.29) is 6.09 Å². The van der Waals surface area contributed by atoms with Crippen LogP contribution in [0, 0.1) is 10.3 Å². The molecular formula is C12H17IN4O2. The third kappa shape index (κ3) is 4.70. The number of hydrogen-bond donors (Lipinski definition) is 1. The van der Waals surface area contributed by atoms with E-state index < -0.39 is 5.60 Å². The van der Waals surface area contributed by atoms with Gasteiger partial charge in [-0.2, -0.15) is 0 Å². The van der Waals surface area contributed by atoms with Gasteiger partial charge < -0.3 is 9.58 Å². The molecule has 0 aliphatic carbocycles. The zero-order valence-corrected chi connectivity index (χ0v) is 13.6. The first-order chi connectivity index (χ1) is 8.76. The molecule has 0 aliphatic heterocycles. The molecule has 0 aromatic carbocycles. The summed E-state index contributed by atoms with van der Waals surface area (Å²) in [6.07, 6.45) is -0.384. The van der Waals surface area contributed by atoms with Crippen molar-refractivity contribution < 1.29 is 9.53 Å². The molecule has 0 spiro atoms. The molecular weight excluding hydrogens is 359 g/mol. The Balaban J connectivity index is 2.76. The molecule has 0 saturated carbocycles. The fraction of sp³-hybridized carbons (Fsp3) is 0.583. The Hall–Kier alpha value is -1.30. The number of carbonyl (C=O) groups is 1. The minimum atomic E-state index is -0.524. The van der Waals surface area contributed by atoms with Gasteiger partial charge in [-0.25, -0.2) is 9.78 Å². The average molecular weight is 376 g/mol. The minimum Gasteiger partial charge on any atom is -0.444 e. The summed E-state index contributed by atoms with van der Waals surface area (Å²) < 4.78 is 5.92. The smallest absolute Gasteiger partial charge is 0.410 e. The van der Waals surface area contributed by atoms with Crippen LogP contribution in [0.4, 0.5) is 10.6 Å². The second-order valence-electron chi connectivity index (χ2n) is 4.93. The maximum Gasteiger partial charge on any atom is 0.410 e. The van der Waals surface area contributed by atoms with E-state index in [1.54, 1.807) is 0 Å². The van der Waals surface area contributed by atoms with Gasteiger partial charge in [-0.1, -0.05) is 6.57 Å². The maximum atomic E-state index is 12.0. The molecule has 0 atom stereocenters. The lowest BCUT2D eigenvalue weighted by molar-refractivity contribution is 0.0240. The Morgan fingerprint density at radius 1 is 1.58 bits per heavy atom. The van der Waals surface area contributed by atoms with Gasteiger partial charge in [0.15, 0.2) is 5.82 Å². The number of nitrogens with zero attached hydrogens (tertiary/aromatic N) is 3. The van der Waals surface area contributed by atoms with E-state index in [9.17, 15) is 4.79 Å². The number of aromatic amines is 1. The van der Waals surface area contributed by atoms with E-state index in [4.69, 9.17) is 11.3 Å². The van der Waals surface area contributed by atoms with Gasteiger partial charge in [0.2, 0.25) is 0 Å². The molecule has 7 heteroatoms. The molecule has 6 nitrogen and oxygen atoms in total. The van der Waals surface area contributed by atoms with E-state index in [2.05, 4.69) is 14.8 Å². The first-order valence-corrected chi connectivity index (χ1v) is 6.94. The molecule has 0 fully saturated rings. The van der Waals surface area contributed by atoms with Gasteiger partial charge in [0.25, 0.3) is 5.82 Å². The molecule has 1 rings (SSSR count). The van der Waals surface area contributed by atoms with E-state index in [0.29, 0.717) is 28.4 Å². The van der Waals surface area contributed by atoms with E-state index in [1.807, 2.05) is 50.3 Å². The van der Waals surface area contributed by atoms with E-state index in [0.717, 1.165) is 0 Å². The fourth-order valence-corrected chi connectivity index (χ4v) is 1.90. The SMILES string of the molecule is [C-]#[N+]c1[nH]c(CN(CC)C(=O)OC(C)(C)C)nc1I. The molecule has 0 saturated heterocycles. The van der Waals surface area contributed by atoms with Crippen LogP contribution in [0.5, 0.6) is 0 Å². The van der Waals surface area contributed by atoms with Crippen molar-refractivity contribution in [2.45, 2.75) is 39.8 Å². The fourth-order valence-electron chi connectivity index (χ4n) is 1.35. The molecule has 0 unspecified atom stereocenters. The number of H-pyrrole nitrogens is 1. The third-order valence-electron chi connectivity index (χ3n) is 2.18. The molecule has 0 radical (unpaired) electrons. The van der Waals surface area contributed by atoms with Gasteiger partial charge in [0.1, 0.15) is 15.8 Å². The summed E-state index contributed by atoms with van der Waals surface area (Å²) in [6.45, 7) is 15.1. The number of ether oxygens (including phenoxy) is 1. The van der Waals surface area contributed by atoms with Crippen molar-refractivity contribution in [3.63, 3.8) is 0 Å². The number of carbonyl (C=O) groups excluding carboxylic acids is 1. The van der Waals surface area contributed by atoms with Crippen LogP contribution in [0.25, 0.3) is 4.85 Å². The lowest BCUT2D eigenvalue weighted by Crippen LogP contribution is -2.36. The van der Waals surface area contributed by atoms with Crippen LogP contribution in [0.3, 0.4) is 0 Å². The topological polar surface area (TPSA) is 62.6 Å². The average Bonchev–Trinajstić information content (AvgIpc) is 2.64. The van der Waals surface area contributed by atoms with Crippen LogP contribution in [-0.2, 0) is 11.3 Å². The predicted molar refractivity (Wildman–Crippen MR) is 79.9 cm³/mol. The van der Waals surface area contributed by atoms with Crippen molar-refractivity contribution in [2.75, 3.05) is 6.54 Å². The zero-order valence-electron chi connectivity index (χ0n) is 11.5. The first kappa shape index (κ1) is 15.8. The van der Waals surface area contributed by atoms with Crippen LogP contribution in [0.1, 0.15) is 33.5 Å².